The van der Waals surface area contributed by atoms with E-state index in [-0.39, 0.29) is 0 Å². The number of aryl methyl sites for hydroxylation is 2. The second kappa shape index (κ2) is 6.39. The van der Waals surface area contributed by atoms with Crippen molar-refractivity contribution in [2.24, 2.45) is 0 Å². The molecule has 21 heavy (non-hydrogen) atoms. The van der Waals surface area contributed by atoms with E-state index >= 15 is 0 Å². The van der Waals surface area contributed by atoms with Gasteiger partial charge in [-0.3, -0.25) is 4.98 Å². The van der Waals surface area contributed by atoms with Gasteiger partial charge in [0.15, 0.2) is 0 Å². The van der Waals surface area contributed by atoms with E-state index in [9.17, 15) is 0 Å². The first-order valence-corrected chi connectivity index (χ1v) is 7.68. The predicted molar refractivity (Wildman–Crippen MR) is 86.9 cm³/mol. The fourth-order valence-corrected chi connectivity index (χ4v) is 2.64. The summed E-state index contributed by atoms with van der Waals surface area (Å²) >= 11 is 0. The Bertz CT molecular complexity index is 626. The molecule has 1 N–H and O–H groups in total. The van der Waals surface area contributed by atoms with Crippen molar-refractivity contribution in [3.8, 4) is 5.69 Å². The van der Waals surface area contributed by atoms with Crippen LogP contribution in [0, 0.1) is 20.8 Å². The first-order chi connectivity index (χ1) is 9.93. The van der Waals surface area contributed by atoms with E-state index in [1.54, 1.807) is 0 Å². The number of aromatic nitrogens is 3. The molecule has 4 nitrogen and oxygen atoms in total. The van der Waals surface area contributed by atoms with Crippen molar-refractivity contribution in [1.29, 1.82) is 0 Å². The van der Waals surface area contributed by atoms with Gasteiger partial charge in [-0.05, 0) is 38.8 Å². The Kier molecular flexibility index (Phi) is 4.78. The SMILES string of the molecule is CCc1c(C)nn(-c2cc(C)ncc2CNC(C)C)c1C. The van der Waals surface area contributed by atoms with Crippen molar-refractivity contribution in [3.05, 3.63) is 40.5 Å². The zero-order valence-corrected chi connectivity index (χ0v) is 14.0. The van der Waals surface area contributed by atoms with Crippen LogP contribution in [0.2, 0.25) is 0 Å². The fourth-order valence-electron chi connectivity index (χ4n) is 2.64. The van der Waals surface area contributed by atoms with E-state index < -0.39 is 0 Å². The largest absolute Gasteiger partial charge is 0.310 e. The third-order valence-corrected chi connectivity index (χ3v) is 3.82. The highest BCUT2D eigenvalue weighted by Gasteiger charge is 2.14. The van der Waals surface area contributed by atoms with Gasteiger partial charge in [0.25, 0.3) is 0 Å². The van der Waals surface area contributed by atoms with Crippen LogP contribution in [0.15, 0.2) is 12.3 Å². The Balaban J connectivity index is 2.49. The molecule has 0 radical (unpaired) electrons. The van der Waals surface area contributed by atoms with E-state index in [1.807, 2.05) is 13.1 Å². The molecule has 2 rings (SSSR count). The molecule has 0 spiro atoms. The lowest BCUT2D eigenvalue weighted by atomic mass is 10.1. The van der Waals surface area contributed by atoms with Gasteiger partial charge in [0, 0.05) is 35.7 Å². The molecule has 4 heteroatoms. The van der Waals surface area contributed by atoms with Crippen LogP contribution in [0.25, 0.3) is 5.69 Å². The van der Waals surface area contributed by atoms with Crippen LogP contribution in [-0.2, 0) is 13.0 Å². The van der Waals surface area contributed by atoms with Gasteiger partial charge >= 0.3 is 0 Å². The molecule has 0 atom stereocenters. The molecule has 0 aliphatic heterocycles. The minimum absolute atomic E-state index is 0.450. The summed E-state index contributed by atoms with van der Waals surface area (Å²) in [4.78, 5) is 4.44. The molecular weight excluding hydrogens is 260 g/mol. The van der Waals surface area contributed by atoms with Crippen LogP contribution in [0.4, 0.5) is 0 Å². The van der Waals surface area contributed by atoms with E-state index in [0.29, 0.717) is 6.04 Å². The van der Waals surface area contributed by atoms with Gasteiger partial charge in [-0.15, -0.1) is 0 Å². The summed E-state index contributed by atoms with van der Waals surface area (Å²) in [5.41, 5.74) is 7.02. The van der Waals surface area contributed by atoms with Crippen molar-refractivity contribution in [1.82, 2.24) is 20.1 Å². The molecule has 0 aromatic carbocycles. The predicted octanol–water partition coefficient (Wildman–Crippen LogP) is 3.25. The van der Waals surface area contributed by atoms with E-state index in [4.69, 9.17) is 5.10 Å². The quantitative estimate of drug-likeness (QED) is 0.917. The Morgan fingerprint density at radius 1 is 1.24 bits per heavy atom. The summed E-state index contributed by atoms with van der Waals surface area (Å²) < 4.78 is 2.07. The third kappa shape index (κ3) is 3.32. The van der Waals surface area contributed by atoms with Crippen LogP contribution in [0.3, 0.4) is 0 Å². The lowest BCUT2D eigenvalue weighted by molar-refractivity contribution is 0.585. The van der Waals surface area contributed by atoms with Gasteiger partial charge in [-0.25, -0.2) is 4.68 Å². The summed E-state index contributed by atoms with van der Waals surface area (Å²) in [6, 6.07) is 2.57. The van der Waals surface area contributed by atoms with Gasteiger partial charge in [0.2, 0.25) is 0 Å². The monoisotopic (exact) mass is 286 g/mol. The molecule has 0 aliphatic rings. The van der Waals surface area contributed by atoms with Crippen LogP contribution >= 0.6 is 0 Å². The summed E-state index contributed by atoms with van der Waals surface area (Å²) in [6.45, 7) is 13.5. The molecule has 0 fully saturated rings. The van der Waals surface area contributed by atoms with E-state index in [2.05, 4.69) is 55.7 Å². The topological polar surface area (TPSA) is 42.7 Å². The molecule has 0 amide bonds. The van der Waals surface area contributed by atoms with Crippen molar-refractivity contribution >= 4 is 0 Å². The third-order valence-electron chi connectivity index (χ3n) is 3.82. The molecule has 2 aromatic rings. The van der Waals surface area contributed by atoms with Gasteiger partial charge in [-0.1, -0.05) is 20.8 Å². The van der Waals surface area contributed by atoms with Crippen LogP contribution in [-0.4, -0.2) is 20.8 Å². The minimum Gasteiger partial charge on any atom is -0.310 e. The average molecular weight is 286 g/mol. The normalized spacial score (nSPS) is 11.4. The Morgan fingerprint density at radius 3 is 2.52 bits per heavy atom. The zero-order chi connectivity index (χ0) is 15.6. The lowest BCUT2D eigenvalue weighted by Crippen LogP contribution is -2.23. The van der Waals surface area contributed by atoms with Gasteiger partial charge in [0.1, 0.15) is 0 Å². The first-order valence-electron chi connectivity index (χ1n) is 7.68. The van der Waals surface area contributed by atoms with Crippen LogP contribution in [0.5, 0.6) is 0 Å². The number of pyridine rings is 1. The summed E-state index contributed by atoms with van der Waals surface area (Å²) in [6.07, 6.45) is 2.98. The molecule has 0 bridgehead atoms. The summed E-state index contributed by atoms with van der Waals surface area (Å²) in [7, 11) is 0. The smallest absolute Gasteiger partial charge is 0.0727 e. The van der Waals surface area contributed by atoms with Gasteiger partial charge in [0.05, 0.1) is 11.4 Å². The molecule has 114 valence electrons. The van der Waals surface area contributed by atoms with Crippen LogP contribution < -0.4 is 5.32 Å². The number of hydrogen-bond acceptors (Lipinski definition) is 3. The van der Waals surface area contributed by atoms with Crippen molar-refractivity contribution in [2.45, 2.75) is 60.5 Å². The fraction of sp³-hybridized carbons (Fsp3) is 0.529. The van der Waals surface area contributed by atoms with Crippen molar-refractivity contribution < 1.29 is 0 Å². The lowest BCUT2D eigenvalue weighted by Gasteiger charge is -2.14. The molecule has 2 aromatic heterocycles. The highest BCUT2D eigenvalue weighted by atomic mass is 15.3. The highest BCUT2D eigenvalue weighted by Crippen LogP contribution is 2.21. The highest BCUT2D eigenvalue weighted by molar-refractivity contribution is 5.43. The van der Waals surface area contributed by atoms with E-state index in [0.717, 1.165) is 30.0 Å². The maximum Gasteiger partial charge on any atom is 0.0727 e. The maximum atomic E-state index is 4.74. The van der Waals surface area contributed by atoms with Crippen molar-refractivity contribution in [3.63, 3.8) is 0 Å². The Hall–Kier alpha value is -1.68. The number of hydrogen-bond donors (Lipinski definition) is 1. The molecule has 0 saturated heterocycles. The molecule has 2 heterocycles. The standard InChI is InChI=1S/C17H26N4/c1-7-16-13(5)20-21(14(16)6)17-8-12(4)19-10-15(17)9-18-11(2)3/h8,10-11,18H,7,9H2,1-6H3. The van der Waals surface area contributed by atoms with Gasteiger partial charge in [-0.2, -0.15) is 5.10 Å². The minimum atomic E-state index is 0.450. The second-order valence-electron chi connectivity index (χ2n) is 5.90. The van der Waals surface area contributed by atoms with Crippen molar-refractivity contribution in [2.75, 3.05) is 0 Å². The molecule has 0 saturated carbocycles. The second-order valence-corrected chi connectivity index (χ2v) is 5.90. The van der Waals surface area contributed by atoms with E-state index in [1.165, 1.54) is 16.8 Å². The number of rotatable bonds is 5. The number of nitrogens with one attached hydrogen (secondary N) is 1. The summed E-state index contributed by atoms with van der Waals surface area (Å²) in [5, 5.41) is 8.21. The average Bonchev–Trinajstić information content (AvgIpc) is 2.71. The number of nitrogens with zero attached hydrogens (tertiary/aromatic N) is 3. The Labute approximate surface area is 127 Å². The maximum absolute atomic E-state index is 4.74. The molecular formula is C17H26N4. The van der Waals surface area contributed by atoms with Gasteiger partial charge < -0.3 is 5.32 Å². The summed E-state index contributed by atoms with van der Waals surface area (Å²) in [5.74, 6) is 0. The van der Waals surface area contributed by atoms with Crippen LogP contribution in [0.1, 0.15) is 49.0 Å². The Morgan fingerprint density at radius 2 is 1.95 bits per heavy atom. The first kappa shape index (κ1) is 15.7. The molecule has 0 unspecified atom stereocenters. The zero-order valence-electron chi connectivity index (χ0n) is 14.0. The molecule has 0 aliphatic carbocycles.